The Morgan fingerprint density at radius 1 is 0.818 bits per heavy atom. The molecule has 5 heteroatoms. The summed E-state index contributed by atoms with van der Waals surface area (Å²) < 4.78 is 13.1. The van der Waals surface area contributed by atoms with Crippen LogP contribution >= 0.6 is 0 Å². The standard InChI is InChI=1S/C28H22N2O3/c1-32-28(31)23-14-12-22(13-15-23)25-18-29-26-16-24(21-10-6-3-7-11-21)17-27(30(25)26)33-19-20-8-4-2-5-9-20/h2-18H,19H2,1H3. The van der Waals surface area contributed by atoms with Crippen LogP contribution in [0.15, 0.2) is 103 Å². The van der Waals surface area contributed by atoms with Crippen LogP contribution in [0, 0.1) is 0 Å². The van der Waals surface area contributed by atoms with Gasteiger partial charge in [0.05, 0.1) is 24.6 Å². The van der Waals surface area contributed by atoms with Gasteiger partial charge in [0.1, 0.15) is 12.3 Å². The highest BCUT2D eigenvalue weighted by Gasteiger charge is 2.15. The number of pyridine rings is 1. The number of carbonyl (C=O) groups excluding carboxylic acids is 1. The highest BCUT2D eigenvalue weighted by Crippen LogP contribution is 2.31. The van der Waals surface area contributed by atoms with Crippen molar-refractivity contribution in [3.8, 4) is 28.3 Å². The van der Waals surface area contributed by atoms with Crippen molar-refractivity contribution in [3.63, 3.8) is 0 Å². The van der Waals surface area contributed by atoms with E-state index in [4.69, 9.17) is 9.47 Å². The Labute approximate surface area is 191 Å². The van der Waals surface area contributed by atoms with Gasteiger partial charge in [-0.2, -0.15) is 0 Å². The number of hydrogen-bond donors (Lipinski definition) is 0. The normalized spacial score (nSPS) is 10.8. The maximum absolute atomic E-state index is 11.8. The second-order valence-electron chi connectivity index (χ2n) is 7.63. The number of imidazole rings is 1. The van der Waals surface area contributed by atoms with Gasteiger partial charge in [-0.3, -0.25) is 4.40 Å². The lowest BCUT2D eigenvalue weighted by Gasteiger charge is -2.14. The summed E-state index contributed by atoms with van der Waals surface area (Å²) in [5.41, 5.74) is 6.30. The average molecular weight is 434 g/mol. The summed E-state index contributed by atoms with van der Waals surface area (Å²) in [6.45, 7) is 0.438. The van der Waals surface area contributed by atoms with Crippen molar-refractivity contribution < 1.29 is 14.3 Å². The van der Waals surface area contributed by atoms with Gasteiger partial charge in [-0.25, -0.2) is 9.78 Å². The Kier molecular flexibility index (Phi) is 5.60. The second kappa shape index (κ2) is 9.01. The van der Waals surface area contributed by atoms with Crippen LogP contribution in [-0.2, 0) is 11.3 Å². The molecule has 0 N–H and O–H groups in total. The lowest BCUT2D eigenvalue weighted by molar-refractivity contribution is 0.0600. The highest BCUT2D eigenvalue weighted by atomic mass is 16.5. The van der Waals surface area contributed by atoms with Crippen LogP contribution in [0.4, 0.5) is 0 Å². The third-order valence-corrected chi connectivity index (χ3v) is 5.51. The number of methoxy groups -OCH3 is 1. The third-order valence-electron chi connectivity index (χ3n) is 5.51. The van der Waals surface area contributed by atoms with Crippen LogP contribution in [0.2, 0.25) is 0 Å². The summed E-state index contributed by atoms with van der Waals surface area (Å²) in [5.74, 6) is 0.332. The van der Waals surface area contributed by atoms with Gasteiger partial charge in [-0.05, 0) is 34.9 Å². The highest BCUT2D eigenvalue weighted by molar-refractivity contribution is 5.90. The Bertz CT molecular complexity index is 1390. The van der Waals surface area contributed by atoms with Gasteiger partial charge in [0.15, 0.2) is 0 Å². The van der Waals surface area contributed by atoms with Crippen molar-refractivity contribution in [2.24, 2.45) is 0 Å². The molecule has 5 nitrogen and oxygen atoms in total. The molecule has 5 aromatic rings. The lowest BCUT2D eigenvalue weighted by Crippen LogP contribution is -2.03. The lowest BCUT2D eigenvalue weighted by atomic mass is 10.1. The first-order chi connectivity index (χ1) is 16.2. The molecule has 2 aromatic heterocycles. The zero-order chi connectivity index (χ0) is 22.6. The molecule has 0 fully saturated rings. The van der Waals surface area contributed by atoms with Crippen LogP contribution in [0.5, 0.6) is 5.88 Å². The molecular weight excluding hydrogens is 412 g/mol. The van der Waals surface area contributed by atoms with E-state index in [-0.39, 0.29) is 5.97 Å². The summed E-state index contributed by atoms with van der Waals surface area (Å²) in [7, 11) is 1.38. The number of benzene rings is 3. The maximum atomic E-state index is 11.8. The average Bonchev–Trinajstić information content (AvgIpc) is 3.32. The fourth-order valence-electron chi connectivity index (χ4n) is 3.81. The molecule has 33 heavy (non-hydrogen) atoms. The first-order valence-electron chi connectivity index (χ1n) is 10.7. The van der Waals surface area contributed by atoms with Crippen LogP contribution in [0.3, 0.4) is 0 Å². The molecule has 3 aromatic carbocycles. The van der Waals surface area contributed by atoms with Crippen molar-refractivity contribution in [1.29, 1.82) is 0 Å². The minimum absolute atomic E-state index is 0.362. The fourth-order valence-corrected chi connectivity index (χ4v) is 3.81. The SMILES string of the molecule is COC(=O)c1ccc(-c2cnc3cc(-c4ccccc4)cc(OCc4ccccc4)n23)cc1. The molecule has 162 valence electrons. The predicted molar refractivity (Wildman–Crippen MR) is 128 cm³/mol. The largest absolute Gasteiger partial charge is 0.474 e. The van der Waals surface area contributed by atoms with E-state index in [1.165, 1.54) is 7.11 Å². The molecule has 0 aliphatic carbocycles. The van der Waals surface area contributed by atoms with Crippen molar-refractivity contribution in [3.05, 3.63) is 114 Å². The van der Waals surface area contributed by atoms with Crippen LogP contribution < -0.4 is 4.74 Å². The van der Waals surface area contributed by atoms with E-state index in [2.05, 4.69) is 23.2 Å². The number of aromatic nitrogens is 2. The minimum atomic E-state index is -0.362. The third kappa shape index (κ3) is 4.21. The molecule has 0 saturated carbocycles. The van der Waals surface area contributed by atoms with E-state index in [1.807, 2.05) is 77.3 Å². The molecule has 0 bridgehead atoms. The van der Waals surface area contributed by atoms with Gasteiger partial charge in [0.2, 0.25) is 5.88 Å². The zero-order valence-electron chi connectivity index (χ0n) is 18.1. The number of nitrogens with zero attached hydrogens (tertiary/aromatic N) is 2. The molecule has 0 radical (unpaired) electrons. The number of carbonyl (C=O) groups is 1. The molecular formula is C28H22N2O3. The number of ether oxygens (including phenoxy) is 2. The quantitative estimate of drug-likeness (QED) is 0.306. The number of fused-ring (bicyclic) bond motifs is 1. The minimum Gasteiger partial charge on any atom is -0.474 e. The van der Waals surface area contributed by atoms with E-state index in [0.29, 0.717) is 18.1 Å². The van der Waals surface area contributed by atoms with Crippen LogP contribution in [0.1, 0.15) is 15.9 Å². The Morgan fingerprint density at radius 2 is 1.52 bits per heavy atom. The van der Waals surface area contributed by atoms with Gasteiger partial charge < -0.3 is 9.47 Å². The molecule has 0 saturated heterocycles. The summed E-state index contributed by atoms with van der Waals surface area (Å²) in [5, 5.41) is 0. The maximum Gasteiger partial charge on any atom is 0.337 e. The Hall–Kier alpha value is -4.38. The van der Waals surface area contributed by atoms with Crippen molar-refractivity contribution in [1.82, 2.24) is 9.38 Å². The van der Waals surface area contributed by atoms with Crippen molar-refractivity contribution >= 4 is 11.6 Å². The topological polar surface area (TPSA) is 52.8 Å². The van der Waals surface area contributed by atoms with Crippen molar-refractivity contribution in [2.75, 3.05) is 7.11 Å². The molecule has 0 unspecified atom stereocenters. The molecule has 5 rings (SSSR count). The number of esters is 1. The molecule has 0 aliphatic heterocycles. The smallest absolute Gasteiger partial charge is 0.337 e. The van der Waals surface area contributed by atoms with Crippen LogP contribution in [-0.4, -0.2) is 22.5 Å². The van der Waals surface area contributed by atoms with E-state index in [1.54, 1.807) is 12.1 Å². The summed E-state index contributed by atoms with van der Waals surface area (Å²) in [6.07, 6.45) is 1.83. The van der Waals surface area contributed by atoms with Crippen LogP contribution in [0.25, 0.3) is 28.0 Å². The molecule has 2 heterocycles. The fraction of sp³-hybridized carbons (Fsp3) is 0.0714. The molecule has 0 spiro atoms. The van der Waals surface area contributed by atoms with Gasteiger partial charge in [0, 0.05) is 11.6 Å². The van der Waals surface area contributed by atoms with E-state index < -0.39 is 0 Å². The van der Waals surface area contributed by atoms with E-state index in [9.17, 15) is 4.79 Å². The summed E-state index contributed by atoms with van der Waals surface area (Å²) in [4.78, 5) is 16.5. The predicted octanol–water partition coefficient (Wildman–Crippen LogP) is 6.03. The zero-order valence-corrected chi connectivity index (χ0v) is 18.1. The monoisotopic (exact) mass is 434 g/mol. The summed E-state index contributed by atoms with van der Waals surface area (Å²) >= 11 is 0. The van der Waals surface area contributed by atoms with E-state index >= 15 is 0 Å². The Balaban J connectivity index is 1.60. The first-order valence-corrected chi connectivity index (χ1v) is 10.7. The van der Waals surface area contributed by atoms with Gasteiger partial charge in [-0.1, -0.05) is 72.8 Å². The second-order valence-corrected chi connectivity index (χ2v) is 7.63. The van der Waals surface area contributed by atoms with Gasteiger partial charge >= 0.3 is 5.97 Å². The number of rotatable bonds is 6. The first kappa shape index (κ1) is 20.5. The molecule has 0 aliphatic rings. The molecule has 0 amide bonds. The molecule has 0 atom stereocenters. The van der Waals surface area contributed by atoms with Crippen molar-refractivity contribution in [2.45, 2.75) is 6.61 Å². The number of hydrogen-bond acceptors (Lipinski definition) is 4. The summed E-state index contributed by atoms with van der Waals surface area (Å²) in [6, 6.07) is 31.6. The van der Waals surface area contributed by atoms with E-state index in [0.717, 1.165) is 33.6 Å². The van der Waals surface area contributed by atoms with Gasteiger partial charge in [0.25, 0.3) is 0 Å². The Morgan fingerprint density at radius 3 is 2.21 bits per heavy atom. The van der Waals surface area contributed by atoms with Gasteiger partial charge in [-0.15, -0.1) is 0 Å².